The van der Waals surface area contributed by atoms with Crippen LogP contribution in [0.5, 0.6) is 0 Å². The summed E-state index contributed by atoms with van der Waals surface area (Å²) in [4.78, 5) is 25.1. The zero-order valence-electron chi connectivity index (χ0n) is 14.4. The molecule has 0 bridgehead atoms. The molecule has 0 spiro atoms. The molecule has 1 amide bonds. The van der Waals surface area contributed by atoms with Gasteiger partial charge in [-0.3, -0.25) is 4.79 Å². The number of carboxylic acids is 1. The number of aliphatic hydroxyl groups excluding tert-OH is 1. The molecular weight excluding hydrogens is 373 g/mol. The van der Waals surface area contributed by atoms with Crippen molar-refractivity contribution in [2.45, 2.75) is 58.0 Å². The average Bonchev–Trinajstić information content (AvgIpc) is 3.15. The molecule has 23 heavy (non-hydrogen) atoms. The molecule has 2 unspecified atom stereocenters. The topological polar surface area (TPSA) is 91.9 Å². The molecule has 6 nitrogen and oxygen atoms in total. The summed E-state index contributed by atoms with van der Waals surface area (Å²) < 4.78 is 0. The largest absolute Gasteiger partial charge is 0.652 e. The number of aliphatic hydroxyl groups is 1. The number of hydrogen-bond donors (Lipinski definition) is 2. The van der Waals surface area contributed by atoms with Gasteiger partial charge in [-0.2, -0.15) is 0 Å². The Morgan fingerprint density at radius 2 is 1.74 bits per heavy atom. The number of amides is 1. The van der Waals surface area contributed by atoms with Crippen molar-refractivity contribution in [2.24, 2.45) is 11.8 Å². The number of carbonyl (C=O) groups excluding carboxylic acids is 1. The van der Waals surface area contributed by atoms with Gasteiger partial charge in [-0.25, -0.2) is 4.79 Å². The molecular formula is C16H29N2O4Y-. The number of hydrogen-bond acceptors (Lipinski definition) is 3. The van der Waals surface area contributed by atoms with Gasteiger partial charge in [0.2, 0.25) is 5.91 Å². The van der Waals surface area contributed by atoms with Crippen LogP contribution in [-0.2, 0) is 42.3 Å². The van der Waals surface area contributed by atoms with Crippen LogP contribution in [0.2, 0.25) is 0 Å². The third-order valence-electron chi connectivity index (χ3n) is 4.60. The fourth-order valence-electron chi connectivity index (χ4n) is 3.50. The zero-order valence-corrected chi connectivity index (χ0v) is 17.3. The molecule has 1 aliphatic carbocycles. The Bertz CT molecular complexity index is 373. The number of nitrogens with zero attached hydrogens (tertiary/aromatic N) is 2. The summed E-state index contributed by atoms with van der Waals surface area (Å²) in [6, 6.07) is -0.536. The number of aliphatic carboxylic acids is 1. The van der Waals surface area contributed by atoms with Gasteiger partial charge in [-0.15, -0.1) is 6.04 Å². The van der Waals surface area contributed by atoms with Crippen LogP contribution in [0.15, 0.2) is 0 Å². The minimum Gasteiger partial charge on any atom is -0.652 e. The first kappa shape index (κ1) is 23.0. The summed E-state index contributed by atoms with van der Waals surface area (Å²) in [7, 11) is 1.00. The van der Waals surface area contributed by atoms with E-state index < -0.39 is 12.0 Å². The quantitative estimate of drug-likeness (QED) is 0.735. The van der Waals surface area contributed by atoms with E-state index in [1.165, 1.54) is 25.7 Å². The smallest absolute Gasteiger partial charge is 0.326 e. The molecule has 2 atom stereocenters. The molecule has 2 aliphatic rings. The summed E-state index contributed by atoms with van der Waals surface area (Å²) in [6.07, 6.45) is 5.49. The molecule has 1 heterocycles. The van der Waals surface area contributed by atoms with Crippen LogP contribution in [0.1, 0.15) is 46.0 Å². The SMILES string of the molecule is CC(C)[N-]CC(=O)N1CC(C2CCCC2)CC1C(=O)O.CO.[Y]. The van der Waals surface area contributed by atoms with Crippen LogP contribution in [0.3, 0.4) is 0 Å². The third kappa shape index (κ3) is 6.77. The van der Waals surface area contributed by atoms with Crippen molar-refractivity contribution in [2.75, 3.05) is 20.2 Å². The Morgan fingerprint density at radius 3 is 2.22 bits per heavy atom. The molecule has 0 aromatic heterocycles. The molecule has 2 N–H and O–H groups in total. The van der Waals surface area contributed by atoms with Crippen molar-refractivity contribution in [3.63, 3.8) is 0 Å². The van der Waals surface area contributed by atoms with Gasteiger partial charge < -0.3 is 20.4 Å². The summed E-state index contributed by atoms with van der Waals surface area (Å²) in [6.45, 7) is 4.56. The van der Waals surface area contributed by atoms with E-state index in [2.05, 4.69) is 5.32 Å². The molecule has 1 aliphatic heterocycles. The van der Waals surface area contributed by atoms with Gasteiger partial charge in [-0.05, 0) is 18.3 Å². The van der Waals surface area contributed by atoms with E-state index >= 15 is 0 Å². The standard InChI is InChI=1S/C15H25N2O3.CH4O.Y/c1-10(2)16-8-14(18)17-9-12(7-13(17)15(19)20)11-5-3-4-6-11;1-2;/h10-13H,3-9H2,1-2H3,(H,19,20);2H,1H3;/q-1;;. The van der Waals surface area contributed by atoms with Gasteiger partial charge in [0.05, 0.1) is 0 Å². The first-order chi connectivity index (χ1) is 10.5. The maximum absolute atomic E-state index is 12.2. The van der Waals surface area contributed by atoms with Gasteiger partial charge in [0, 0.05) is 46.4 Å². The van der Waals surface area contributed by atoms with Crippen LogP contribution in [0.4, 0.5) is 0 Å². The number of carboxylic acid groups (broad SMARTS) is 1. The average molecular weight is 402 g/mol. The first-order valence-electron chi connectivity index (χ1n) is 8.12. The summed E-state index contributed by atoms with van der Waals surface area (Å²) in [5.41, 5.74) is 0. The number of rotatable bonds is 5. The fraction of sp³-hybridized carbons (Fsp3) is 0.875. The molecule has 1 radical (unpaired) electrons. The Kier molecular flexibility index (Phi) is 11.5. The molecule has 1 saturated heterocycles. The van der Waals surface area contributed by atoms with Crippen LogP contribution < -0.4 is 0 Å². The van der Waals surface area contributed by atoms with E-state index in [1.807, 2.05) is 13.8 Å². The maximum Gasteiger partial charge on any atom is 0.326 e. The van der Waals surface area contributed by atoms with Crippen LogP contribution in [-0.4, -0.2) is 59.3 Å². The van der Waals surface area contributed by atoms with Crippen molar-refractivity contribution in [1.82, 2.24) is 4.90 Å². The second-order valence-corrected chi connectivity index (χ2v) is 6.37. The van der Waals surface area contributed by atoms with Crippen molar-refractivity contribution in [3.8, 4) is 0 Å². The zero-order chi connectivity index (χ0) is 16.7. The van der Waals surface area contributed by atoms with Gasteiger partial charge >= 0.3 is 5.97 Å². The second kappa shape index (κ2) is 11.5. The predicted molar refractivity (Wildman–Crippen MR) is 84.7 cm³/mol. The van der Waals surface area contributed by atoms with E-state index in [1.54, 1.807) is 4.90 Å². The van der Waals surface area contributed by atoms with Crippen molar-refractivity contribution < 1.29 is 52.5 Å². The second-order valence-electron chi connectivity index (χ2n) is 6.37. The molecule has 0 aromatic rings. The first-order valence-corrected chi connectivity index (χ1v) is 8.12. The number of likely N-dealkylation sites (tertiary alicyclic amines) is 1. The summed E-state index contributed by atoms with van der Waals surface area (Å²) in [5.74, 6) is -0.0340. The Labute approximate surface area is 164 Å². The van der Waals surface area contributed by atoms with E-state index in [0.29, 0.717) is 24.8 Å². The molecule has 1 saturated carbocycles. The predicted octanol–water partition coefficient (Wildman–Crippen LogP) is 1.87. The van der Waals surface area contributed by atoms with Gasteiger partial charge in [0.1, 0.15) is 6.04 Å². The minimum atomic E-state index is -0.872. The molecule has 2 fully saturated rings. The minimum absolute atomic E-state index is 0. The molecule has 2 rings (SSSR count). The van der Waals surface area contributed by atoms with Crippen molar-refractivity contribution >= 4 is 11.9 Å². The molecule has 131 valence electrons. The number of carbonyl (C=O) groups is 2. The molecule has 7 heteroatoms. The maximum atomic E-state index is 12.2. The Morgan fingerprint density at radius 1 is 1.17 bits per heavy atom. The third-order valence-corrected chi connectivity index (χ3v) is 4.60. The fourth-order valence-corrected chi connectivity index (χ4v) is 3.50. The Balaban J connectivity index is 0.00000155. The van der Waals surface area contributed by atoms with E-state index in [4.69, 9.17) is 5.11 Å². The van der Waals surface area contributed by atoms with Gasteiger partial charge in [-0.1, -0.05) is 46.1 Å². The van der Waals surface area contributed by atoms with Crippen LogP contribution in [0.25, 0.3) is 5.32 Å². The normalized spacial score (nSPS) is 24.1. The van der Waals surface area contributed by atoms with Crippen LogP contribution in [0, 0.1) is 11.8 Å². The van der Waals surface area contributed by atoms with E-state index in [-0.39, 0.29) is 51.2 Å². The van der Waals surface area contributed by atoms with Crippen LogP contribution >= 0.6 is 0 Å². The summed E-state index contributed by atoms with van der Waals surface area (Å²) >= 11 is 0. The van der Waals surface area contributed by atoms with E-state index in [9.17, 15) is 14.7 Å². The summed E-state index contributed by atoms with van der Waals surface area (Å²) in [5, 5.41) is 20.5. The molecule has 0 aromatic carbocycles. The van der Waals surface area contributed by atoms with E-state index in [0.717, 1.165) is 7.11 Å². The van der Waals surface area contributed by atoms with Gasteiger partial charge in [0.15, 0.2) is 0 Å². The van der Waals surface area contributed by atoms with Crippen molar-refractivity contribution in [3.05, 3.63) is 5.32 Å². The van der Waals surface area contributed by atoms with Gasteiger partial charge in [0.25, 0.3) is 0 Å². The Hall–Kier alpha value is -0.0361. The van der Waals surface area contributed by atoms with Crippen molar-refractivity contribution in [1.29, 1.82) is 0 Å². The monoisotopic (exact) mass is 402 g/mol.